The van der Waals surface area contributed by atoms with Crippen LogP contribution in [-0.2, 0) is 11.3 Å². The molecule has 1 amide bonds. The minimum absolute atomic E-state index is 0.0558. The average molecular weight is 536 g/mol. The molecule has 15 heteroatoms. The third kappa shape index (κ3) is 5.20. The topological polar surface area (TPSA) is 68.8 Å². The van der Waals surface area contributed by atoms with Crippen molar-refractivity contribution in [1.29, 1.82) is 0 Å². The maximum Gasteiger partial charge on any atom is 0.471 e. The fraction of sp³-hybridized carbons (Fsp3) is 0.364. The Hall–Kier alpha value is -3.78. The van der Waals surface area contributed by atoms with E-state index in [-0.39, 0.29) is 27.9 Å². The Morgan fingerprint density at radius 3 is 2.24 bits per heavy atom. The van der Waals surface area contributed by atoms with E-state index in [2.05, 4.69) is 15.2 Å². The molecular weight excluding hydrogens is 516 g/mol. The number of pyridine rings is 1. The SMILES string of the molecule is CC.Cc1c2ccc(N(C)C(=O)C(F)(F)F)cc2nn1-c1cc2cnn(CC(F)(F)C(F)(F)F)c2cn1. The van der Waals surface area contributed by atoms with Crippen LogP contribution in [0.25, 0.3) is 27.6 Å². The summed E-state index contributed by atoms with van der Waals surface area (Å²) in [6.45, 7) is 3.91. The van der Waals surface area contributed by atoms with Gasteiger partial charge in [-0.3, -0.25) is 9.48 Å². The van der Waals surface area contributed by atoms with Gasteiger partial charge in [0.1, 0.15) is 6.54 Å². The van der Waals surface area contributed by atoms with Gasteiger partial charge in [-0.2, -0.15) is 45.3 Å². The van der Waals surface area contributed by atoms with Crippen LogP contribution in [0, 0.1) is 6.92 Å². The highest BCUT2D eigenvalue weighted by Crippen LogP contribution is 2.37. The van der Waals surface area contributed by atoms with Crippen LogP contribution in [0.5, 0.6) is 0 Å². The number of anilines is 1. The number of fused-ring (bicyclic) bond motifs is 2. The van der Waals surface area contributed by atoms with Gasteiger partial charge in [-0.25, -0.2) is 9.67 Å². The largest absolute Gasteiger partial charge is 0.471 e. The van der Waals surface area contributed by atoms with Crippen LogP contribution in [0.4, 0.5) is 40.8 Å². The van der Waals surface area contributed by atoms with Gasteiger partial charge in [0.2, 0.25) is 0 Å². The van der Waals surface area contributed by atoms with Crippen molar-refractivity contribution in [3.05, 3.63) is 42.4 Å². The Morgan fingerprint density at radius 1 is 1.00 bits per heavy atom. The standard InChI is InChI=1S/C20H14F8N6O.C2H6/c1-10-13-4-3-12(32(2)17(35)19(23,24)25)6-14(13)31-34(10)16-5-11-7-30-33(15(11)8-29-16)9-18(21,22)20(26,27)28;1-2/h3-8H,9H2,1-2H3;1-2H3. The van der Waals surface area contributed by atoms with Gasteiger partial charge in [-0.15, -0.1) is 0 Å². The smallest absolute Gasteiger partial charge is 0.308 e. The van der Waals surface area contributed by atoms with E-state index in [4.69, 9.17) is 0 Å². The summed E-state index contributed by atoms with van der Waals surface area (Å²) in [5.41, 5.74) is 0.629. The lowest BCUT2D eigenvalue weighted by Crippen LogP contribution is -2.40. The number of alkyl halides is 8. The minimum atomic E-state index is -5.75. The molecule has 0 radical (unpaired) electrons. The van der Waals surface area contributed by atoms with Gasteiger partial charge in [-0.1, -0.05) is 13.8 Å². The van der Waals surface area contributed by atoms with E-state index in [1.807, 2.05) is 13.8 Å². The summed E-state index contributed by atoms with van der Waals surface area (Å²) in [5.74, 6) is -6.90. The fourth-order valence-corrected chi connectivity index (χ4v) is 3.43. The van der Waals surface area contributed by atoms with Crippen molar-refractivity contribution in [2.75, 3.05) is 11.9 Å². The minimum Gasteiger partial charge on any atom is -0.308 e. The van der Waals surface area contributed by atoms with Crippen LogP contribution >= 0.6 is 0 Å². The summed E-state index contributed by atoms with van der Waals surface area (Å²) in [4.78, 5) is 16.0. The average Bonchev–Trinajstić information content (AvgIpc) is 3.37. The highest BCUT2D eigenvalue weighted by molar-refractivity contribution is 5.98. The molecule has 0 aliphatic rings. The number of carbonyl (C=O) groups excluding carboxylic acids is 1. The number of rotatable bonds is 4. The molecule has 4 aromatic rings. The molecule has 0 saturated carbocycles. The summed E-state index contributed by atoms with van der Waals surface area (Å²) >= 11 is 0. The molecular formula is C22H20F8N6O. The summed E-state index contributed by atoms with van der Waals surface area (Å²) in [6.07, 6.45) is -8.65. The first-order valence-corrected chi connectivity index (χ1v) is 10.7. The molecule has 0 spiro atoms. The van der Waals surface area contributed by atoms with Crippen LogP contribution in [0.1, 0.15) is 19.5 Å². The van der Waals surface area contributed by atoms with Gasteiger partial charge in [0, 0.05) is 23.5 Å². The molecule has 0 aliphatic carbocycles. The van der Waals surface area contributed by atoms with Gasteiger partial charge < -0.3 is 4.90 Å². The second kappa shape index (κ2) is 9.59. The molecule has 7 nitrogen and oxygen atoms in total. The number of hydrogen-bond acceptors (Lipinski definition) is 4. The molecule has 0 unspecified atom stereocenters. The maximum absolute atomic E-state index is 13.4. The molecule has 3 aromatic heterocycles. The van der Waals surface area contributed by atoms with Gasteiger partial charge in [0.15, 0.2) is 5.82 Å². The van der Waals surface area contributed by atoms with Crippen molar-refractivity contribution in [2.24, 2.45) is 0 Å². The van der Waals surface area contributed by atoms with Gasteiger partial charge >= 0.3 is 24.2 Å². The van der Waals surface area contributed by atoms with Crippen molar-refractivity contribution in [2.45, 2.75) is 45.6 Å². The molecule has 37 heavy (non-hydrogen) atoms. The number of hydrogen-bond donors (Lipinski definition) is 0. The molecule has 0 atom stereocenters. The zero-order chi connectivity index (χ0) is 27.9. The summed E-state index contributed by atoms with van der Waals surface area (Å²) in [5, 5.41) is 8.63. The lowest BCUT2D eigenvalue weighted by molar-refractivity contribution is -0.287. The Morgan fingerprint density at radius 2 is 1.65 bits per heavy atom. The van der Waals surface area contributed by atoms with E-state index < -0.39 is 30.7 Å². The number of halogens is 8. The first-order valence-electron chi connectivity index (χ1n) is 10.7. The summed E-state index contributed by atoms with van der Waals surface area (Å²) in [6, 6.07) is 5.42. The Labute approximate surface area is 204 Å². The molecule has 1 aromatic carbocycles. The predicted molar refractivity (Wildman–Crippen MR) is 119 cm³/mol. The van der Waals surface area contributed by atoms with Crippen molar-refractivity contribution >= 4 is 33.4 Å². The Kier molecular flexibility index (Phi) is 7.21. The highest BCUT2D eigenvalue weighted by Gasteiger charge is 2.57. The fourth-order valence-electron chi connectivity index (χ4n) is 3.43. The van der Waals surface area contributed by atoms with Crippen LogP contribution in [0.2, 0.25) is 0 Å². The molecule has 3 heterocycles. The van der Waals surface area contributed by atoms with Gasteiger partial charge in [-0.05, 0) is 31.2 Å². The zero-order valence-corrected chi connectivity index (χ0v) is 19.8. The van der Waals surface area contributed by atoms with Crippen LogP contribution in [0.15, 0.2) is 36.7 Å². The third-order valence-corrected chi connectivity index (χ3v) is 5.32. The molecule has 0 fully saturated rings. The maximum atomic E-state index is 13.4. The van der Waals surface area contributed by atoms with Crippen LogP contribution < -0.4 is 4.90 Å². The van der Waals surface area contributed by atoms with Crippen molar-refractivity contribution in [3.63, 3.8) is 0 Å². The number of nitrogens with zero attached hydrogens (tertiary/aromatic N) is 6. The van der Waals surface area contributed by atoms with Crippen LogP contribution in [0.3, 0.4) is 0 Å². The molecule has 0 aliphatic heterocycles. The Bertz CT molecular complexity index is 1440. The van der Waals surface area contributed by atoms with E-state index in [0.29, 0.717) is 20.7 Å². The van der Waals surface area contributed by atoms with Crippen molar-refractivity contribution in [3.8, 4) is 5.82 Å². The number of amides is 1. The molecule has 0 saturated heterocycles. The van der Waals surface area contributed by atoms with Crippen LogP contribution in [-0.4, -0.2) is 55.8 Å². The van der Waals surface area contributed by atoms with E-state index in [0.717, 1.165) is 19.4 Å². The predicted octanol–water partition coefficient (Wildman–Crippen LogP) is 5.83. The van der Waals surface area contributed by atoms with E-state index in [9.17, 15) is 39.9 Å². The number of aryl methyl sites for hydroxylation is 1. The monoisotopic (exact) mass is 536 g/mol. The van der Waals surface area contributed by atoms with Crippen molar-refractivity contribution in [1.82, 2.24) is 24.5 Å². The Balaban J connectivity index is 0.00000186. The van der Waals surface area contributed by atoms with E-state index in [1.54, 1.807) is 6.92 Å². The number of aromatic nitrogens is 5. The van der Waals surface area contributed by atoms with Gasteiger partial charge in [0.25, 0.3) is 0 Å². The molecule has 4 rings (SSSR count). The zero-order valence-electron chi connectivity index (χ0n) is 19.8. The molecule has 200 valence electrons. The first-order chi connectivity index (χ1) is 17.1. The quantitative estimate of drug-likeness (QED) is 0.308. The van der Waals surface area contributed by atoms with Crippen molar-refractivity contribution < 1.29 is 39.9 Å². The second-order valence-corrected chi connectivity index (χ2v) is 7.67. The molecule has 0 N–H and O–H groups in total. The lowest BCUT2D eigenvalue weighted by Gasteiger charge is -2.19. The normalized spacial score (nSPS) is 12.5. The highest BCUT2D eigenvalue weighted by atomic mass is 19.4. The lowest BCUT2D eigenvalue weighted by atomic mass is 10.2. The summed E-state index contributed by atoms with van der Waals surface area (Å²) < 4.78 is 105. The van der Waals surface area contributed by atoms with E-state index >= 15 is 0 Å². The van der Waals surface area contributed by atoms with Gasteiger partial charge in [0.05, 0.1) is 29.1 Å². The third-order valence-electron chi connectivity index (χ3n) is 5.32. The molecule has 0 bridgehead atoms. The number of benzene rings is 1. The first kappa shape index (κ1) is 27.8. The number of carbonyl (C=O) groups is 1. The second-order valence-electron chi connectivity index (χ2n) is 7.67. The van der Waals surface area contributed by atoms with E-state index in [1.165, 1.54) is 28.9 Å². The summed E-state index contributed by atoms with van der Waals surface area (Å²) in [7, 11) is 0.969.